The monoisotopic (exact) mass is 387 g/mol. The topological polar surface area (TPSA) is 66.0 Å². The molecule has 1 N–H and O–H groups in total. The van der Waals surface area contributed by atoms with Crippen LogP contribution in [0.4, 0.5) is 0 Å². The highest BCUT2D eigenvalue weighted by atomic mass is 16.5. The Bertz CT molecular complexity index is 708. The lowest BCUT2D eigenvalue weighted by Crippen LogP contribution is -2.19. The van der Waals surface area contributed by atoms with Crippen LogP contribution >= 0.6 is 0 Å². The van der Waals surface area contributed by atoms with Gasteiger partial charge in [0.25, 0.3) is 0 Å². The van der Waals surface area contributed by atoms with Crippen molar-refractivity contribution in [2.24, 2.45) is 0 Å². The number of esters is 1. The van der Waals surface area contributed by atoms with E-state index in [1.165, 1.54) is 26.9 Å². The van der Waals surface area contributed by atoms with E-state index in [0.29, 0.717) is 29.4 Å². The van der Waals surface area contributed by atoms with Crippen LogP contribution < -0.4 is 19.5 Å². The zero-order valence-electron chi connectivity index (χ0n) is 16.8. The Balaban J connectivity index is 1.68. The smallest absolute Gasteiger partial charge is 0.338 e. The Labute approximate surface area is 166 Å². The zero-order valence-corrected chi connectivity index (χ0v) is 16.8. The van der Waals surface area contributed by atoms with Crippen molar-refractivity contribution in [1.29, 1.82) is 0 Å². The van der Waals surface area contributed by atoms with Gasteiger partial charge >= 0.3 is 5.97 Å². The molecular formula is C22H29NO5. The Morgan fingerprint density at radius 3 is 2.18 bits per heavy atom. The van der Waals surface area contributed by atoms with Crippen LogP contribution in [0.5, 0.6) is 17.2 Å². The second kappa shape index (κ2) is 11.9. The fourth-order valence-corrected chi connectivity index (χ4v) is 2.80. The Morgan fingerprint density at radius 1 is 0.893 bits per heavy atom. The summed E-state index contributed by atoms with van der Waals surface area (Å²) in [4.78, 5) is 12.3. The third-order valence-electron chi connectivity index (χ3n) is 4.31. The van der Waals surface area contributed by atoms with Crippen molar-refractivity contribution in [3.05, 3.63) is 53.6 Å². The Kier molecular flexibility index (Phi) is 9.15. The molecule has 0 heterocycles. The maximum atomic E-state index is 12.3. The molecule has 152 valence electrons. The highest BCUT2D eigenvalue weighted by molar-refractivity contribution is 5.91. The largest absolute Gasteiger partial charge is 0.493 e. The molecule has 6 nitrogen and oxygen atoms in total. The van der Waals surface area contributed by atoms with E-state index in [0.717, 1.165) is 32.4 Å². The maximum absolute atomic E-state index is 12.3. The van der Waals surface area contributed by atoms with Crippen molar-refractivity contribution in [2.75, 3.05) is 41.0 Å². The van der Waals surface area contributed by atoms with Gasteiger partial charge in [0.2, 0.25) is 5.75 Å². The molecule has 0 aliphatic carbocycles. The van der Waals surface area contributed by atoms with Crippen LogP contribution in [0, 0.1) is 0 Å². The van der Waals surface area contributed by atoms with Gasteiger partial charge in [0.1, 0.15) is 0 Å². The van der Waals surface area contributed by atoms with E-state index in [1.807, 2.05) is 6.07 Å². The van der Waals surface area contributed by atoms with Crippen molar-refractivity contribution in [3.63, 3.8) is 0 Å². The number of methoxy groups -OCH3 is 3. The number of benzene rings is 2. The van der Waals surface area contributed by atoms with Gasteiger partial charge in [0, 0.05) is 0 Å². The lowest BCUT2D eigenvalue weighted by molar-refractivity contribution is 0.0497. The van der Waals surface area contributed by atoms with Crippen molar-refractivity contribution in [2.45, 2.75) is 19.3 Å². The summed E-state index contributed by atoms with van der Waals surface area (Å²) >= 11 is 0. The molecule has 0 aliphatic heterocycles. The van der Waals surface area contributed by atoms with E-state index in [1.54, 1.807) is 12.1 Å². The van der Waals surface area contributed by atoms with E-state index in [4.69, 9.17) is 18.9 Å². The summed E-state index contributed by atoms with van der Waals surface area (Å²) in [6, 6.07) is 13.6. The Morgan fingerprint density at radius 2 is 1.57 bits per heavy atom. The molecule has 0 atom stereocenters. The second-order valence-electron chi connectivity index (χ2n) is 6.24. The summed E-state index contributed by atoms with van der Waals surface area (Å²) in [5, 5.41) is 3.41. The maximum Gasteiger partial charge on any atom is 0.338 e. The lowest BCUT2D eigenvalue weighted by atomic mass is 10.1. The summed E-state index contributed by atoms with van der Waals surface area (Å²) in [6.45, 7) is 2.21. The average molecular weight is 387 g/mol. The normalized spacial score (nSPS) is 10.4. The number of rotatable bonds is 12. The third-order valence-corrected chi connectivity index (χ3v) is 4.31. The molecule has 28 heavy (non-hydrogen) atoms. The highest BCUT2D eigenvalue weighted by Gasteiger charge is 2.17. The summed E-state index contributed by atoms with van der Waals surface area (Å²) in [6.07, 6.45) is 2.75. The van der Waals surface area contributed by atoms with Crippen LogP contribution in [-0.2, 0) is 11.2 Å². The van der Waals surface area contributed by atoms with Crippen LogP contribution in [-0.4, -0.2) is 47.0 Å². The first-order chi connectivity index (χ1) is 13.7. The minimum atomic E-state index is -0.406. The summed E-state index contributed by atoms with van der Waals surface area (Å²) in [7, 11) is 4.54. The number of carbonyl (C=O) groups is 1. The third kappa shape index (κ3) is 6.46. The first-order valence-electron chi connectivity index (χ1n) is 9.41. The summed E-state index contributed by atoms with van der Waals surface area (Å²) < 4.78 is 21.1. The molecule has 2 aromatic rings. The molecule has 0 amide bonds. The van der Waals surface area contributed by atoms with Crippen molar-refractivity contribution >= 4 is 5.97 Å². The quantitative estimate of drug-likeness (QED) is 0.444. The molecule has 2 aromatic carbocycles. The minimum absolute atomic E-state index is 0.371. The van der Waals surface area contributed by atoms with Gasteiger partial charge in [0.05, 0.1) is 33.5 Å². The van der Waals surface area contributed by atoms with Crippen molar-refractivity contribution in [3.8, 4) is 17.2 Å². The highest BCUT2D eigenvalue weighted by Crippen LogP contribution is 2.38. The summed E-state index contributed by atoms with van der Waals surface area (Å²) in [5.41, 5.74) is 1.70. The minimum Gasteiger partial charge on any atom is -0.493 e. The van der Waals surface area contributed by atoms with Gasteiger partial charge in [-0.2, -0.15) is 0 Å². The van der Waals surface area contributed by atoms with Crippen LogP contribution in [0.1, 0.15) is 28.8 Å². The van der Waals surface area contributed by atoms with Gasteiger partial charge in [-0.25, -0.2) is 4.79 Å². The first kappa shape index (κ1) is 21.6. The van der Waals surface area contributed by atoms with E-state index < -0.39 is 5.97 Å². The molecular weight excluding hydrogens is 358 g/mol. The van der Waals surface area contributed by atoms with Crippen LogP contribution in [0.3, 0.4) is 0 Å². The molecule has 0 spiro atoms. The van der Waals surface area contributed by atoms with Crippen LogP contribution in [0.2, 0.25) is 0 Å². The standard InChI is InChI=1S/C22H29NO5/c1-25-19-15-18(16-20(26-2)21(19)27-3)22(24)28-14-8-7-12-23-13-11-17-9-5-4-6-10-17/h4-6,9-10,15-16,23H,7-8,11-14H2,1-3H3. The number of carbonyl (C=O) groups excluding carboxylic acids is 1. The van der Waals surface area contributed by atoms with Gasteiger partial charge in [0.15, 0.2) is 11.5 Å². The summed E-state index contributed by atoms with van der Waals surface area (Å²) in [5.74, 6) is 0.896. The van der Waals surface area contributed by atoms with Crippen molar-refractivity contribution in [1.82, 2.24) is 5.32 Å². The molecule has 0 fully saturated rings. The molecule has 0 saturated heterocycles. The van der Waals surface area contributed by atoms with Gasteiger partial charge in [-0.3, -0.25) is 0 Å². The van der Waals surface area contributed by atoms with Gasteiger partial charge in [-0.15, -0.1) is 0 Å². The zero-order chi connectivity index (χ0) is 20.2. The average Bonchev–Trinajstić information content (AvgIpc) is 2.74. The number of unbranched alkanes of at least 4 members (excludes halogenated alkanes) is 1. The fraction of sp³-hybridized carbons (Fsp3) is 0.409. The molecule has 0 radical (unpaired) electrons. The molecule has 0 aromatic heterocycles. The van der Waals surface area contributed by atoms with E-state index in [9.17, 15) is 4.79 Å². The number of nitrogens with one attached hydrogen (secondary N) is 1. The number of ether oxygens (including phenoxy) is 4. The van der Waals surface area contributed by atoms with E-state index in [-0.39, 0.29) is 0 Å². The lowest BCUT2D eigenvalue weighted by Gasteiger charge is -2.13. The Hall–Kier alpha value is -2.73. The first-order valence-corrected chi connectivity index (χ1v) is 9.41. The number of hydrogen-bond acceptors (Lipinski definition) is 6. The fourth-order valence-electron chi connectivity index (χ4n) is 2.80. The van der Waals surface area contributed by atoms with Crippen LogP contribution in [0.25, 0.3) is 0 Å². The molecule has 6 heteroatoms. The molecule has 0 aliphatic rings. The molecule has 0 bridgehead atoms. The van der Waals surface area contributed by atoms with E-state index in [2.05, 4.69) is 29.6 Å². The van der Waals surface area contributed by atoms with Crippen LogP contribution in [0.15, 0.2) is 42.5 Å². The second-order valence-corrected chi connectivity index (χ2v) is 6.24. The van der Waals surface area contributed by atoms with E-state index >= 15 is 0 Å². The SMILES string of the molecule is COc1cc(C(=O)OCCCCNCCc2ccccc2)cc(OC)c1OC. The molecule has 0 unspecified atom stereocenters. The van der Waals surface area contributed by atoms with Crippen molar-refractivity contribution < 1.29 is 23.7 Å². The van der Waals surface area contributed by atoms with Gasteiger partial charge in [-0.05, 0) is 50.0 Å². The number of hydrogen-bond donors (Lipinski definition) is 1. The molecule has 0 saturated carbocycles. The predicted octanol–water partition coefficient (Wildman–Crippen LogP) is 3.48. The predicted molar refractivity (Wildman–Crippen MR) is 109 cm³/mol. The molecule has 2 rings (SSSR count). The van der Waals surface area contributed by atoms with Gasteiger partial charge in [-0.1, -0.05) is 30.3 Å². The van der Waals surface area contributed by atoms with Gasteiger partial charge < -0.3 is 24.3 Å².